The Morgan fingerprint density at radius 2 is 1.73 bits per heavy atom. The van der Waals surface area contributed by atoms with E-state index in [4.69, 9.17) is 0 Å². The molecule has 0 N–H and O–H groups in total. The molecule has 68 valence electrons. The standard InChI is InChI=1S/C6H9F5/c1-2-6(10,11)5(9)4(8)3-7/h4-5H,2-3H2,1H3/t4?,5-/m0/s1. The molecule has 0 fully saturated rings. The van der Waals surface area contributed by atoms with Crippen molar-refractivity contribution >= 4 is 0 Å². The van der Waals surface area contributed by atoms with Gasteiger partial charge in [-0.2, -0.15) is 0 Å². The third-order valence-electron chi connectivity index (χ3n) is 1.34. The van der Waals surface area contributed by atoms with E-state index in [1.165, 1.54) is 0 Å². The van der Waals surface area contributed by atoms with Gasteiger partial charge in [-0.15, -0.1) is 0 Å². The minimum atomic E-state index is -3.76. The van der Waals surface area contributed by atoms with E-state index in [9.17, 15) is 22.0 Å². The van der Waals surface area contributed by atoms with Gasteiger partial charge in [-0.3, -0.25) is 0 Å². The first kappa shape index (κ1) is 10.7. The predicted molar refractivity (Wildman–Crippen MR) is 31.0 cm³/mol. The number of hydrogen-bond donors (Lipinski definition) is 0. The summed E-state index contributed by atoms with van der Waals surface area (Å²) in [6.07, 6.45) is -6.57. The molecular weight excluding hydrogens is 167 g/mol. The number of rotatable bonds is 4. The summed E-state index contributed by atoms with van der Waals surface area (Å²) in [6.45, 7) is -0.700. The maximum atomic E-state index is 12.2. The first-order valence-electron chi connectivity index (χ1n) is 3.17. The van der Waals surface area contributed by atoms with Gasteiger partial charge in [0.05, 0.1) is 0 Å². The van der Waals surface area contributed by atoms with Crippen molar-refractivity contribution in [3.63, 3.8) is 0 Å². The molecule has 0 aromatic heterocycles. The second-order valence-electron chi connectivity index (χ2n) is 2.19. The lowest BCUT2D eigenvalue weighted by atomic mass is 10.1. The first-order valence-corrected chi connectivity index (χ1v) is 3.17. The zero-order valence-electron chi connectivity index (χ0n) is 5.96. The smallest absolute Gasteiger partial charge is 0.248 e. The Bertz CT molecular complexity index is 114. The van der Waals surface area contributed by atoms with Crippen molar-refractivity contribution < 1.29 is 22.0 Å². The SMILES string of the molecule is CCC(F)(F)[C@@H](F)C(F)CF. The molecule has 0 amide bonds. The van der Waals surface area contributed by atoms with Crippen LogP contribution in [0.25, 0.3) is 0 Å². The molecular formula is C6H9F5. The monoisotopic (exact) mass is 176 g/mol. The van der Waals surface area contributed by atoms with E-state index in [-0.39, 0.29) is 0 Å². The van der Waals surface area contributed by atoms with Gasteiger partial charge in [0.1, 0.15) is 6.67 Å². The lowest BCUT2D eigenvalue weighted by molar-refractivity contribution is -0.104. The van der Waals surface area contributed by atoms with Gasteiger partial charge in [-0.25, -0.2) is 22.0 Å². The van der Waals surface area contributed by atoms with Crippen molar-refractivity contribution in [2.24, 2.45) is 0 Å². The van der Waals surface area contributed by atoms with Gasteiger partial charge in [0, 0.05) is 6.42 Å². The Labute approximate surface area is 61.4 Å². The zero-order chi connectivity index (χ0) is 9.07. The number of hydrogen-bond acceptors (Lipinski definition) is 0. The van der Waals surface area contributed by atoms with Gasteiger partial charge >= 0.3 is 0 Å². The molecule has 0 aliphatic heterocycles. The Hall–Kier alpha value is -0.350. The van der Waals surface area contributed by atoms with Crippen LogP contribution in [0.4, 0.5) is 22.0 Å². The van der Waals surface area contributed by atoms with Crippen LogP contribution in [0.3, 0.4) is 0 Å². The third-order valence-corrected chi connectivity index (χ3v) is 1.34. The van der Waals surface area contributed by atoms with E-state index in [1.807, 2.05) is 0 Å². The van der Waals surface area contributed by atoms with Gasteiger partial charge in [0.25, 0.3) is 5.92 Å². The molecule has 0 spiro atoms. The first-order chi connectivity index (χ1) is 4.95. The van der Waals surface area contributed by atoms with Crippen molar-refractivity contribution in [2.75, 3.05) is 6.67 Å². The molecule has 11 heavy (non-hydrogen) atoms. The second kappa shape index (κ2) is 3.88. The van der Waals surface area contributed by atoms with E-state index < -0.39 is 31.4 Å². The quantitative estimate of drug-likeness (QED) is 0.577. The van der Waals surface area contributed by atoms with E-state index in [2.05, 4.69) is 0 Å². The fourth-order valence-electron chi connectivity index (χ4n) is 0.538. The minimum absolute atomic E-state index is 0.825. The van der Waals surface area contributed by atoms with Crippen LogP contribution >= 0.6 is 0 Å². The summed E-state index contributed by atoms with van der Waals surface area (Å²) >= 11 is 0. The predicted octanol–water partition coefficient (Wildman–Crippen LogP) is 2.68. The number of halogens is 5. The van der Waals surface area contributed by atoms with Crippen molar-refractivity contribution in [3.05, 3.63) is 0 Å². The van der Waals surface area contributed by atoms with Crippen molar-refractivity contribution in [1.29, 1.82) is 0 Å². The van der Waals surface area contributed by atoms with E-state index >= 15 is 0 Å². The van der Waals surface area contributed by atoms with Crippen LogP contribution in [0, 0.1) is 0 Å². The highest BCUT2D eigenvalue weighted by molar-refractivity contribution is 4.81. The summed E-state index contributed by atoms with van der Waals surface area (Å²) < 4.78 is 59.9. The van der Waals surface area contributed by atoms with Crippen molar-refractivity contribution in [1.82, 2.24) is 0 Å². The van der Waals surface area contributed by atoms with Crippen LogP contribution < -0.4 is 0 Å². The van der Waals surface area contributed by atoms with Gasteiger partial charge in [-0.05, 0) is 0 Å². The van der Waals surface area contributed by atoms with Crippen LogP contribution in [-0.2, 0) is 0 Å². The second-order valence-corrected chi connectivity index (χ2v) is 2.19. The van der Waals surface area contributed by atoms with Gasteiger partial charge in [0.15, 0.2) is 12.3 Å². The lowest BCUT2D eigenvalue weighted by Crippen LogP contribution is -2.37. The molecule has 0 radical (unpaired) electrons. The molecule has 5 heteroatoms. The topological polar surface area (TPSA) is 0 Å². The molecule has 0 bridgehead atoms. The summed E-state index contributed by atoms with van der Waals surface area (Å²) in [7, 11) is 0. The van der Waals surface area contributed by atoms with Gasteiger partial charge in [0.2, 0.25) is 0 Å². The normalized spacial score (nSPS) is 18.0. The highest BCUT2D eigenvalue weighted by atomic mass is 19.3. The minimum Gasteiger partial charge on any atom is -0.248 e. The molecule has 0 rings (SSSR count). The van der Waals surface area contributed by atoms with Crippen LogP contribution in [0.15, 0.2) is 0 Å². The molecule has 2 atom stereocenters. The van der Waals surface area contributed by atoms with Crippen LogP contribution in [0.1, 0.15) is 13.3 Å². The summed E-state index contributed by atoms with van der Waals surface area (Å²) in [4.78, 5) is 0. The number of alkyl halides is 5. The highest BCUT2D eigenvalue weighted by Gasteiger charge is 2.43. The summed E-state index contributed by atoms with van der Waals surface area (Å²) in [5.74, 6) is -3.76. The molecule has 0 nitrogen and oxygen atoms in total. The molecule has 0 aromatic rings. The zero-order valence-corrected chi connectivity index (χ0v) is 5.96. The molecule has 0 heterocycles. The molecule has 0 aliphatic rings. The Morgan fingerprint density at radius 1 is 1.27 bits per heavy atom. The van der Waals surface area contributed by atoms with E-state index in [1.54, 1.807) is 0 Å². The largest absolute Gasteiger partial charge is 0.281 e. The third kappa shape index (κ3) is 2.63. The van der Waals surface area contributed by atoms with Crippen LogP contribution in [-0.4, -0.2) is 24.9 Å². The fourth-order valence-corrected chi connectivity index (χ4v) is 0.538. The maximum Gasteiger partial charge on any atom is 0.281 e. The van der Waals surface area contributed by atoms with E-state index in [0.717, 1.165) is 6.92 Å². The lowest BCUT2D eigenvalue weighted by Gasteiger charge is -2.20. The van der Waals surface area contributed by atoms with E-state index in [0.29, 0.717) is 0 Å². The van der Waals surface area contributed by atoms with Gasteiger partial charge < -0.3 is 0 Å². The Morgan fingerprint density at radius 3 is 2.00 bits per heavy atom. The summed E-state index contributed by atoms with van der Waals surface area (Å²) in [6, 6.07) is 0. The van der Waals surface area contributed by atoms with Crippen molar-refractivity contribution in [3.8, 4) is 0 Å². The summed E-state index contributed by atoms with van der Waals surface area (Å²) in [5, 5.41) is 0. The molecule has 1 unspecified atom stereocenters. The highest BCUT2D eigenvalue weighted by Crippen LogP contribution is 2.28. The average molecular weight is 176 g/mol. The van der Waals surface area contributed by atoms with Gasteiger partial charge in [-0.1, -0.05) is 6.92 Å². The molecule has 0 saturated heterocycles. The Balaban J connectivity index is 4.10. The summed E-state index contributed by atoms with van der Waals surface area (Å²) in [5.41, 5.74) is 0. The van der Waals surface area contributed by atoms with Crippen LogP contribution in [0.5, 0.6) is 0 Å². The molecule has 0 saturated carbocycles. The van der Waals surface area contributed by atoms with Crippen LogP contribution in [0.2, 0.25) is 0 Å². The fraction of sp³-hybridized carbons (Fsp3) is 1.00. The average Bonchev–Trinajstić information content (AvgIpc) is 2.01. The molecule has 0 aromatic carbocycles. The van der Waals surface area contributed by atoms with Crippen molar-refractivity contribution in [2.45, 2.75) is 31.6 Å². The Kier molecular flexibility index (Phi) is 3.75. The maximum absolute atomic E-state index is 12.2. The molecule has 0 aliphatic carbocycles.